The Morgan fingerprint density at radius 1 is 0.964 bits per heavy atom. The third-order valence-electron chi connectivity index (χ3n) is 4.69. The van der Waals surface area contributed by atoms with Crippen molar-refractivity contribution >= 4 is 21.6 Å². The van der Waals surface area contributed by atoms with Crippen molar-refractivity contribution in [2.75, 3.05) is 0 Å². The van der Waals surface area contributed by atoms with Gasteiger partial charge in [0.1, 0.15) is 4.83 Å². The molecule has 0 saturated carbocycles. The van der Waals surface area contributed by atoms with E-state index in [1.807, 2.05) is 66.3 Å². The normalized spacial score (nSPS) is 11.2. The molecule has 0 radical (unpaired) electrons. The van der Waals surface area contributed by atoms with Crippen LogP contribution in [0.25, 0.3) is 43.4 Å². The minimum atomic E-state index is -0.153. The van der Waals surface area contributed by atoms with Crippen LogP contribution < -0.4 is 5.56 Å². The van der Waals surface area contributed by atoms with E-state index in [1.165, 1.54) is 11.3 Å². The lowest BCUT2D eigenvalue weighted by Gasteiger charge is -2.05. The van der Waals surface area contributed by atoms with Crippen LogP contribution in [0.1, 0.15) is 0 Å². The minimum absolute atomic E-state index is 0.153. The highest BCUT2D eigenvalue weighted by molar-refractivity contribution is 7.22. The van der Waals surface area contributed by atoms with E-state index in [-0.39, 0.29) is 5.56 Å². The lowest BCUT2D eigenvalue weighted by atomic mass is 10.0. The molecule has 5 aromatic rings. The second kappa shape index (κ2) is 6.58. The molecular formula is C22H16N4OS. The number of H-pyrrole nitrogens is 1. The molecule has 1 N–H and O–H groups in total. The fourth-order valence-electron chi connectivity index (χ4n) is 3.38. The summed E-state index contributed by atoms with van der Waals surface area (Å²) in [6.07, 6.45) is 3.53. The standard InChI is InChI=1S/C22H16N4OS/c1-26-13-12-23-20(26)19-24-21(27)17-16(14-8-4-2-5-9-14)18(28-22(17)25-19)15-10-6-3-7-11-15/h2-13H,1H3,(H,24,25,27). The summed E-state index contributed by atoms with van der Waals surface area (Å²) in [4.78, 5) is 26.9. The van der Waals surface area contributed by atoms with Crippen LogP contribution in [0, 0.1) is 0 Å². The first-order valence-electron chi connectivity index (χ1n) is 8.88. The summed E-state index contributed by atoms with van der Waals surface area (Å²) < 4.78 is 1.84. The van der Waals surface area contributed by atoms with Crippen molar-refractivity contribution in [1.29, 1.82) is 0 Å². The van der Waals surface area contributed by atoms with Gasteiger partial charge in [0.2, 0.25) is 0 Å². The van der Waals surface area contributed by atoms with Gasteiger partial charge in [-0.3, -0.25) is 4.79 Å². The number of nitrogens with one attached hydrogen (secondary N) is 1. The third kappa shape index (κ3) is 2.66. The first kappa shape index (κ1) is 16.6. The molecule has 2 aromatic carbocycles. The van der Waals surface area contributed by atoms with E-state index in [4.69, 9.17) is 4.98 Å². The van der Waals surface area contributed by atoms with E-state index in [9.17, 15) is 4.79 Å². The van der Waals surface area contributed by atoms with E-state index in [0.717, 1.165) is 21.6 Å². The molecule has 5 nitrogen and oxygen atoms in total. The number of aromatic amines is 1. The average Bonchev–Trinajstić information content (AvgIpc) is 3.33. The first-order chi connectivity index (χ1) is 13.7. The van der Waals surface area contributed by atoms with Gasteiger partial charge in [0.15, 0.2) is 11.6 Å². The largest absolute Gasteiger partial charge is 0.331 e. The summed E-state index contributed by atoms with van der Waals surface area (Å²) in [6.45, 7) is 0. The van der Waals surface area contributed by atoms with Gasteiger partial charge in [-0.05, 0) is 11.1 Å². The summed E-state index contributed by atoms with van der Waals surface area (Å²) in [5.74, 6) is 1.11. The molecule has 3 aromatic heterocycles. The number of aromatic nitrogens is 4. The predicted molar refractivity (Wildman–Crippen MR) is 113 cm³/mol. The van der Waals surface area contributed by atoms with Gasteiger partial charge in [0.25, 0.3) is 5.56 Å². The first-order valence-corrected chi connectivity index (χ1v) is 9.69. The summed E-state index contributed by atoms with van der Waals surface area (Å²) in [5, 5.41) is 0.619. The van der Waals surface area contributed by atoms with Crippen LogP contribution in [-0.4, -0.2) is 19.5 Å². The zero-order valence-corrected chi connectivity index (χ0v) is 15.9. The van der Waals surface area contributed by atoms with Crippen molar-refractivity contribution in [3.8, 4) is 33.2 Å². The molecule has 5 rings (SSSR count). The highest BCUT2D eigenvalue weighted by atomic mass is 32.1. The molecule has 0 aliphatic rings. The van der Waals surface area contributed by atoms with Gasteiger partial charge in [-0.2, -0.15) is 0 Å². The van der Waals surface area contributed by atoms with Crippen molar-refractivity contribution < 1.29 is 0 Å². The van der Waals surface area contributed by atoms with E-state index in [2.05, 4.69) is 22.1 Å². The molecule has 0 amide bonds. The fourth-order valence-corrected chi connectivity index (χ4v) is 4.58. The molecule has 0 saturated heterocycles. The Morgan fingerprint density at radius 3 is 2.29 bits per heavy atom. The van der Waals surface area contributed by atoms with Gasteiger partial charge in [-0.15, -0.1) is 11.3 Å². The quantitative estimate of drug-likeness (QED) is 0.490. The fraction of sp³-hybridized carbons (Fsp3) is 0.0455. The van der Waals surface area contributed by atoms with Gasteiger partial charge in [0, 0.05) is 29.9 Å². The van der Waals surface area contributed by atoms with E-state index >= 15 is 0 Å². The third-order valence-corrected chi connectivity index (χ3v) is 5.83. The molecule has 136 valence electrons. The van der Waals surface area contributed by atoms with Crippen LogP contribution in [0.15, 0.2) is 77.9 Å². The molecule has 0 unspecified atom stereocenters. The maximum absolute atomic E-state index is 13.1. The molecule has 0 aliphatic carbocycles. The Hall–Kier alpha value is -3.51. The number of fused-ring (bicyclic) bond motifs is 1. The Morgan fingerprint density at radius 2 is 1.64 bits per heavy atom. The Balaban J connectivity index is 1.85. The van der Waals surface area contributed by atoms with Crippen LogP contribution in [0.5, 0.6) is 0 Å². The van der Waals surface area contributed by atoms with E-state index in [0.29, 0.717) is 21.9 Å². The van der Waals surface area contributed by atoms with Crippen molar-refractivity contribution in [2.24, 2.45) is 7.05 Å². The summed E-state index contributed by atoms with van der Waals surface area (Å²) in [5.41, 5.74) is 2.85. The van der Waals surface area contributed by atoms with Gasteiger partial charge >= 0.3 is 0 Å². The number of nitrogens with zero attached hydrogens (tertiary/aromatic N) is 3. The Labute approximate surface area is 165 Å². The molecule has 6 heteroatoms. The van der Waals surface area contributed by atoms with Crippen molar-refractivity contribution in [1.82, 2.24) is 19.5 Å². The van der Waals surface area contributed by atoms with Crippen molar-refractivity contribution in [3.05, 3.63) is 83.4 Å². The Bertz CT molecular complexity index is 1330. The van der Waals surface area contributed by atoms with Gasteiger partial charge < -0.3 is 9.55 Å². The second-order valence-corrected chi connectivity index (χ2v) is 7.49. The van der Waals surface area contributed by atoms with Gasteiger partial charge in [-0.1, -0.05) is 60.7 Å². The Kier molecular flexibility index (Phi) is 3.91. The summed E-state index contributed by atoms with van der Waals surface area (Å²) in [7, 11) is 1.88. The molecule has 0 fully saturated rings. The highest BCUT2D eigenvalue weighted by Crippen LogP contribution is 2.42. The van der Waals surface area contributed by atoms with Gasteiger partial charge in [-0.25, -0.2) is 9.97 Å². The monoisotopic (exact) mass is 384 g/mol. The molecular weight excluding hydrogens is 368 g/mol. The predicted octanol–water partition coefficient (Wildman–Crippen LogP) is 4.72. The van der Waals surface area contributed by atoms with Crippen LogP contribution in [0.4, 0.5) is 0 Å². The second-order valence-electron chi connectivity index (χ2n) is 6.49. The van der Waals surface area contributed by atoms with E-state index < -0.39 is 0 Å². The lowest BCUT2D eigenvalue weighted by Crippen LogP contribution is -2.10. The number of rotatable bonds is 3. The van der Waals surface area contributed by atoms with Crippen LogP contribution >= 0.6 is 11.3 Å². The van der Waals surface area contributed by atoms with Crippen LogP contribution in [0.2, 0.25) is 0 Å². The number of thiophene rings is 1. The maximum Gasteiger partial charge on any atom is 0.260 e. The number of hydrogen-bond donors (Lipinski definition) is 1. The molecule has 0 bridgehead atoms. The number of imidazole rings is 1. The molecule has 3 heterocycles. The van der Waals surface area contributed by atoms with Crippen molar-refractivity contribution in [3.63, 3.8) is 0 Å². The zero-order chi connectivity index (χ0) is 19.1. The molecule has 0 aliphatic heterocycles. The van der Waals surface area contributed by atoms with E-state index in [1.54, 1.807) is 6.20 Å². The number of hydrogen-bond acceptors (Lipinski definition) is 4. The molecule has 0 spiro atoms. The lowest BCUT2D eigenvalue weighted by molar-refractivity contribution is 0.907. The van der Waals surface area contributed by atoms with Crippen molar-refractivity contribution in [2.45, 2.75) is 0 Å². The summed E-state index contributed by atoms with van der Waals surface area (Å²) in [6, 6.07) is 20.1. The van der Waals surface area contributed by atoms with Gasteiger partial charge in [0.05, 0.1) is 5.39 Å². The van der Waals surface area contributed by atoms with Crippen LogP contribution in [-0.2, 0) is 7.05 Å². The average molecular weight is 384 g/mol. The highest BCUT2D eigenvalue weighted by Gasteiger charge is 2.21. The SMILES string of the molecule is Cn1ccnc1-c1nc2sc(-c3ccccc3)c(-c3ccccc3)c2c(=O)[nH]1. The molecule has 0 atom stereocenters. The van der Waals surface area contributed by atoms with Crippen LogP contribution in [0.3, 0.4) is 0 Å². The topological polar surface area (TPSA) is 63.6 Å². The zero-order valence-electron chi connectivity index (χ0n) is 15.1. The smallest absolute Gasteiger partial charge is 0.260 e. The number of aryl methyl sites for hydroxylation is 1. The summed E-state index contributed by atoms with van der Waals surface area (Å²) >= 11 is 1.54. The minimum Gasteiger partial charge on any atom is -0.331 e. The maximum atomic E-state index is 13.1. The number of benzene rings is 2. The molecule has 28 heavy (non-hydrogen) atoms.